The Labute approximate surface area is 141 Å². The number of rotatable bonds is 7. The number of amides is 1. The molecule has 0 radical (unpaired) electrons. The van der Waals surface area contributed by atoms with Crippen LogP contribution in [0.25, 0.3) is 12.4 Å². The average Bonchev–Trinajstić information content (AvgIpc) is 2.50. The van der Waals surface area contributed by atoms with Gasteiger partial charge in [-0.25, -0.2) is 36.5 Å². The van der Waals surface area contributed by atoms with Gasteiger partial charge in [-0.2, -0.15) is 0 Å². The highest BCUT2D eigenvalue weighted by Gasteiger charge is 2.27. The number of carbonyl (C=O) groups excluding carboxylic acids is 1. The van der Waals surface area contributed by atoms with Crippen molar-refractivity contribution in [3.63, 3.8) is 0 Å². The minimum atomic E-state index is -4.40. The maximum absolute atomic E-state index is 12.3. The number of primary amides is 1. The minimum Gasteiger partial charge on any atom is -0.375 e. The van der Waals surface area contributed by atoms with Crippen molar-refractivity contribution in [3.8, 4) is 0 Å². The van der Waals surface area contributed by atoms with E-state index < -0.39 is 50.5 Å². The lowest BCUT2D eigenvalue weighted by atomic mass is 10.6. The van der Waals surface area contributed by atoms with Gasteiger partial charge in [0.15, 0.2) is 15.3 Å². The molecule has 1 aromatic heterocycles. The second kappa shape index (κ2) is 7.90. The molecule has 11 nitrogen and oxygen atoms in total. The van der Waals surface area contributed by atoms with E-state index in [1.165, 1.54) is 26.0 Å². The van der Waals surface area contributed by atoms with E-state index in [0.29, 0.717) is 13.7 Å². The van der Waals surface area contributed by atoms with Gasteiger partial charge in [0, 0.05) is 12.4 Å². The molecule has 12 heteroatoms. The van der Waals surface area contributed by atoms with Crippen LogP contribution in [0, 0.1) is 0 Å². The third kappa shape index (κ3) is 4.42. The van der Waals surface area contributed by atoms with Crippen molar-refractivity contribution >= 4 is 28.1 Å². The zero-order valence-electron chi connectivity index (χ0n) is 13.5. The summed E-state index contributed by atoms with van der Waals surface area (Å²) in [7, 11) is -4.40. The third-order valence-electron chi connectivity index (χ3n) is 2.98. The number of allylic oxidation sites excluding steroid dienone is 2. The lowest BCUT2D eigenvalue weighted by Gasteiger charge is -2.14. The van der Waals surface area contributed by atoms with E-state index in [4.69, 9.17) is 5.73 Å². The topological polar surface area (TPSA) is 163 Å². The van der Waals surface area contributed by atoms with Crippen molar-refractivity contribution in [1.29, 1.82) is 0 Å². The lowest BCUT2D eigenvalue weighted by molar-refractivity contribution is -0.115. The van der Waals surface area contributed by atoms with Gasteiger partial charge < -0.3 is 10.8 Å². The fourth-order valence-electron chi connectivity index (χ4n) is 1.90. The van der Waals surface area contributed by atoms with Gasteiger partial charge in [-0.3, -0.25) is 4.79 Å². The van der Waals surface area contributed by atoms with Crippen molar-refractivity contribution in [2.75, 3.05) is 5.75 Å². The van der Waals surface area contributed by atoms with Crippen LogP contribution in [0.2, 0.25) is 0 Å². The number of carbonyl (C=O) groups is 1. The molecule has 1 rings (SSSR count). The molecule has 1 atom stereocenters. The molecule has 0 spiro atoms. The Bertz CT molecular complexity index is 944. The normalized spacial score (nSPS) is 13.6. The lowest BCUT2D eigenvalue weighted by Crippen LogP contribution is -2.53. The Morgan fingerprint density at radius 1 is 1.08 bits per heavy atom. The van der Waals surface area contributed by atoms with E-state index in [9.17, 15) is 32.7 Å². The number of aliphatic hydroxyl groups is 1. The van der Waals surface area contributed by atoms with Gasteiger partial charge in [0.05, 0.1) is 6.54 Å². The van der Waals surface area contributed by atoms with Crippen LogP contribution in [0.3, 0.4) is 0 Å². The number of hydrogen-bond donors (Lipinski definition) is 2. The molecule has 0 aliphatic carbocycles. The number of aromatic nitrogens is 3. The zero-order chi connectivity index (χ0) is 19.4. The maximum atomic E-state index is 12.3. The monoisotopic (exact) mass is 374 g/mol. The third-order valence-corrected chi connectivity index (χ3v) is 4.64. The fraction of sp³-hybridized carbons (Fsp3) is 0.385. The van der Waals surface area contributed by atoms with Gasteiger partial charge in [0.2, 0.25) is 5.91 Å². The van der Waals surface area contributed by atoms with Crippen molar-refractivity contribution in [2.24, 2.45) is 5.73 Å². The Balaban J connectivity index is 3.61. The van der Waals surface area contributed by atoms with Crippen LogP contribution < -0.4 is 22.8 Å². The van der Waals surface area contributed by atoms with Crippen LogP contribution in [-0.4, -0.2) is 44.3 Å². The largest absolute Gasteiger partial charge is 0.375 e. The Morgan fingerprint density at radius 3 is 1.88 bits per heavy atom. The predicted molar refractivity (Wildman–Crippen MR) is 90.2 cm³/mol. The molecule has 25 heavy (non-hydrogen) atoms. The zero-order valence-corrected chi connectivity index (χ0v) is 14.3. The van der Waals surface area contributed by atoms with Crippen LogP contribution in [0.15, 0.2) is 26.5 Å². The molecular weight excluding hydrogens is 356 g/mol. The second-order valence-electron chi connectivity index (χ2n) is 4.89. The molecule has 1 amide bonds. The quantitative estimate of drug-likeness (QED) is 0.527. The number of aliphatic hydroxyl groups excluding tert-OH is 1. The van der Waals surface area contributed by atoms with Gasteiger partial charge in [-0.05, 0) is 13.8 Å². The first-order chi connectivity index (χ1) is 11.6. The predicted octanol–water partition coefficient (Wildman–Crippen LogP) is -2.63. The average molecular weight is 374 g/mol. The highest BCUT2D eigenvalue weighted by molar-refractivity contribution is 7.92. The molecule has 0 aliphatic heterocycles. The van der Waals surface area contributed by atoms with E-state index in [2.05, 4.69) is 0 Å². The number of sulfone groups is 1. The molecule has 0 saturated carbocycles. The summed E-state index contributed by atoms with van der Waals surface area (Å²) in [5.74, 6) is -2.35. The van der Waals surface area contributed by atoms with Gasteiger partial charge in [0.1, 0.15) is 5.75 Å². The highest BCUT2D eigenvalue weighted by atomic mass is 32.2. The number of nitrogens with zero attached hydrogens (tertiary/aromatic N) is 3. The molecule has 0 aromatic carbocycles. The van der Waals surface area contributed by atoms with Crippen molar-refractivity contribution in [1.82, 2.24) is 13.7 Å². The van der Waals surface area contributed by atoms with E-state index in [1.807, 2.05) is 0 Å². The summed E-state index contributed by atoms with van der Waals surface area (Å²) in [5.41, 5.74) is -0.681. The molecule has 1 heterocycles. The first kappa shape index (κ1) is 20.3. The van der Waals surface area contributed by atoms with E-state index in [0.717, 1.165) is 12.4 Å². The van der Waals surface area contributed by atoms with Crippen molar-refractivity contribution in [3.05, 3.63) is 43.6 Å². The smallest absolute Gasteiger partial charge is 0.344 e. The molecular formula is C13H18N4O7S. The second-order valence-corrected chi connectivity index (χ2v) is 7.05. The van der Waals surface area contributed by atoms with Gasteiger partial charge >= 0.3 is 17.1 Å². The van der Waals surface area contributed by atoms with E-state index in [1.54, 1.807) is 0 Å². The summed E-state index contributed by atoms with van der Waals surface area (Å²) >= 11 is 0. The van der Waals surface area contributed by atoms with Crippen molar-refractivity contribution in [2.45, 2.75) is 25.8 Å². The summed E-state index contributed by atoms with van der Waals surface area (Å²) in [6.45, 7) is 2.07. The number of hydrogen-bond acceptors (Lipinski definition) is 7. The van der Waals surface area contributed by atoms with Gasteiger partial charge in [-0.1, -0.05) is 12.2 Å². The molecule has 0 fully saturated rings. The molecule has 0 bridgehead atoms. The fourth-order valence-corrected chi connectivity index (χ4v) is 2.86. The first-order valence-electron chi connectivity index (χ1n) is 6.98. The van der Waals surface area contributed by atoms with Crippen LogP contribution in [0.1, 0.15) is 13.8 Å². The van der Waals surface area contributed by atoms with Crippen LogP contribution in [-0.2, 0) is 21.2 Å². The minimum absolute atomic E-state index is 0.380. The standard InChI is InChI=1S/C13H18N4O7S/c1-3-5-15-11(20)16(6-4-2)13(22)17(12(15)21)7-10(19)25(23,24)8-9(14)18/h3-6,10,19H,7-8H2,1-2H3,(H2,14,18)/b5-3+,6-4+. The van der Waals surface area contributed by atoms with Crippen molar-refractivity contribution < 1.29 is 18.3 Å². The summed E-state index contributed by atoms with van der Waals surface area (Å²) in [6, 6.07) is 0. The first-order valence-corrected chi connectivity index (χ1v) is 8.69. The number of nitrogens with two attached hydrogens (primary N) is 1. The SMILES string of the molecule is C/C=C/n1c(=O)n(/C=C/C)c(=O)n(CC(O)S(=O)(=O)CC(N)=O)c1=O. The summed E-state index contributed by atoms with van der Waals surface area (Å²) in [5, 5.41) is 9.81. The van der Waals surface area contributed by atoms with Crippen LogP contribution in [0.5, 0.6) is 0 Å². The Morgan fingerprint density at radius 2 is 1.52 bits per heavy atom. The highest BCUT2D eigenvalue weighted by Crippen LogP contribution is 2.00. The maximum Gasteiger partial charge on any atom is 0.344 e. The Kier molecular flexibility index (Phi) is 6.42. The van der Waals surface area contributed by atoms with Crippen LogP contribution in [0.4, 0.5) is 0 Å². The summed E-state index contributed by atoms with van der Waals surface area (Å²) in [4.78, 5) is 47.5. The molecule has 3 N–H and O–H groups in total. The van der Waals surface area contributed by atoms with E-state index in [-0.39, 0.29) is 0 Å². The molecule has 0 aliphatic rings. The molecule has 1 unspecified atom stereocenters. The van der Waals surface area contributed by atoms with Gasteiger partial charge in [-0.15, -0.1) is 0 Å². The summed E-state index contributed by atoms with van der Waals surface area (Å²) < 4.78 is 25.1. The van der Waals surface area contributed by atoms with E-state index >= 15 is 0 Å². The molecule has 1 aromatic rings. The summed E-state index contributed by atoms with van der Waals surface area (Å²) in [6.07, 6.45) is 4.89. The van der Waals surface area contributed by atoms with Crippen LogP contribution >= 0.6 is 0 Å². The van der Waals surface area contributed by atoms with Gasteiger partial charge in [0.25, 0.3) is 0 Å². The molecule has 138 valence electrons. The Hall–Kier alpha value is -2.73. The molecule has 0 saturated heterocycles.